The van der Waals surface area contributed by atoms with Gasteiger partial charge in [-0.25, -0.2) is 4.39 Å². The first-order chi connectivity index (χ1) is 12.0. The van der Waals surface area contributed by atoms with E-state index < -0.39 is 11.7 Å². The Labute approximate surface area is 146 Å². The Hall–Kier alpha value is -2.94. The van der Waals surface area contributed by atoms with Crippen LogP contribution in [-0.2, 0) is 0 Å². The van der Waals surface area contributed by atoms with Crippen molar-refractivity contribution in [3.05, 3.63) is 46.7 Å². The van der Waals surface area contributed by atoms with Crippen LogP contribution >= 0.6 is 11.3 Å². The molecule has 3 aromatic heterocycles. The molecule has 0 radical (unpaired) electrons. The summed E-state index contributed by atoms with van der Waals surface area (Å²) in [5.41, 5.74) is 3.08. The lowest BCUT2D eigenvalue weighted by atomic mass is 9.99. The maximum absolute atomic E-state index is 14.8. The molecule has 0 aliphatic heterocycles. The normalized spacial score (nSPS) is 10.6. The SMILES string of the molecule is COc1cnc(C)c(F)c1-c1cc(C)ncc1C(=O)Nc1nncs1. The summed E-state index contributed by atoms with van der Waals surface area (Å²) in [5, 5.41) is 10.4. The number of rotatable bonds is 4. The highest BCUT2D eigenvalue weighted by atomic mass is 32.1. The molecule has 0 spiro atoms. The molecule has 25 heavy (non-hydrogen) atoms. The Bertz CT molecular complexity index is 931. The van der Waals surface area contributed by atoms with Gasteiger partial charge in [0.1, 0.15) is 11.3 Å². The molecule has 0 unspecified atom stereocenters. The van der Waals surface area contributed by atoms with Crippen molar-refractivity contribution in [1.29, 1.82) is 0 Å². The number of methoxy groups -OCH3 is 1. The molecule has 1 N–H and O–H groups in total. The average Bonchev–Trinajstić information content (AvgIpc) is 3.10. The zero-order valence-electron chi connectivity index (χ0n) is 13.7. The topological polar surface area (TPSA) is 89.9 Å². The van der Waals surface area contributed by atoms with E-state index in [4.69, 9.17) is 4.74 Å². The Morgan fingerprint density at radius 2 is 2.08 bits per heavy atom. The van der Waals surface area contributed by atoms with Gasteiger partial charge in [-0.2, -0.15) is 0 Å². The lowest BCUT2D eigenvalue weighted by molar-refractivity contribution is 0.102. The van der Waals surface area contributed by atoms with Gasteiger partial charge in [0, 0.05) is 17.5 Å². The fraction of sp³-hybridized carbons (Fsp3) is 0.188. The number of carbonyl (C=O) groups is 1. The highest BCUT2D eigenvalue weighted by Crippen LogP contribution is 2.35. The molecule has 0 saturated heterocycles. The summed E-state index contributed by atoms with van der Waals surface area (Å²) in [6, 6.07) is 1.63. The summed E-state index contributed by atoms with van der Waals surface area (Å²) >= 11 is 1.18. The highest BCUT2D eigenvalue weighted by Gasteiger charge is 2.22. The summed E-state index contributed by atoms with van der Waals surface area (Å²) < 4.78 is 20.0. The molecule has 0 saturated carbocycles. The first-order valence-corrected chi connectivity index (χ1v) is 8.13. The van der Waals surface area contributed by atoms with Crippen LogP contribution in [-0.4, -0.2) is 33.2 Å². The largest absolute Gasteiger partial charge is 0.494 e. The maximum atomic E-state index is 14.8. The summed E-state index contributed by atoms with van der Waals surface area (Å²) in [7, 11) is 1.42. The minimum absolute atomic E-state index is 0.169. The van der Waals surface area contributed by atoms with Crippen LogP contribution in [0.4, 0.5) is 9.52 Å². The van der Waals surface area contributed by atoms with E-state index in [1.807, 2.05) is 0 Å². The van der Waals surface area contributed by atoms with E-state index in [0.29, 0.717) is 16.4 Å². The second-order valence-corrected chi connectivity index (χ2v) is 6.00. The van der Waals surface area contributed by atoms with E-state index in [2.05, 4.69) is 25.5 Å². The number of nitrogens with zero attached hydrogens (tertiary/aromatic N) is 4. The summed E-state index contributed by atoms with van der Waals surface area (Å²) in [4.78, 5) is 20.7. The standard InChI is InChI=1S/C16H14FN5O2S/c1-8-4-10(13-12(24-3)6-19-9(2)14(13)17)11(5-18-8)15(23)21-16-22-20-7-25-16/h4-7H,1-3H3,(H,21,22,23). The van der Waals surface area contributed by atoms with E-state index in [0.717, 1.165) is 0 Å². The van der Waals surface area contributed by atoms with Crippen molar-refractivity contribution in [3.63, 3.8) is 0 Å². The number of halogens is 1. The first kappa shape index (κ1) is 16.9. The van der Waals surface area contributed by atoms with Crippen LogP contribution in [0.1, 0.15) is 21.7 Å². The predicted molar refractivity (Wildman–Crippen MR) is 91.3 cm³/mol. The monoisotopic (exact) mass is 359 g/mol. The second kappa shape index (κ2) is 6.89. The van der Waals surface area contributed by atoms with Crippen LogP contribution in [0.25, 0.3) is 11.1 Å². The van der Waals surface area contributed by atoms with Gasteiger partial charge in [0.25, 0.3) is 5.91 Å². The average molecular weight is 359 g/mol. The van der Waals surface area contributed by atoms with Gasteiger partial charge in [-0.15, -0.1) is 10.2 Å². The van der Waals surface area contributed by atoms with E-state index in [-0.39, 0.29) is 22.6 Å². The van der Waals surface area contributed by atoms with Gasteiger partial charge in [0.05, 0.1) is 30.1 Å². The molecule has 1 amide bonds. The zero-order chi connectivity index (χ0) is 18.0. The van der Waals surface area contributed by atoms with Crippen molar-refractivity contribution in [3.8, 4) is 16.9 Å². The van der Waals surface area contributed by atoms with Crippen molar-refractivity contribution >= 4 is 22.4 Å². The number of aryl methyl sites for hydroxylation is 2. The van der Waals surface area contributed by atoms with Gasteiger partial charge in [0.2, 0.25) is 5.13 Å². The van der Waals surface area contributed by atoms with Crippen LogP contribution < -0.4 is 10.1 Å². The van der Waals surface area contributed by atoms with Crippen molar-refractivity contribution in [2.24, 2.45) is 0 Å². The predicted octanol–water partition coefficient (Wildman–Crippen LogP) is 3.01. The van der Waals surface area contributed by atoms with Gasteiger partial charge in [-0.3, -0.25) is 20.1 Å². The molecule has 9 heteroatoms. The number of ether oxygens (including phenoxy) is 1. The molecule has 0 bridgehead atoms. The van der Waals surface area contributed by atoms with Crippen molar-refractivity contribution in [2.45, 2.75) is 13.8 Å². The lowest BCUT2D eigenvalue weighted by Gasteiger charge is -2.14. The van der Waals surface area contributed by atoms with E-state index in [9.17, 15) is 9.18 Å². The third-order valence-corrected chi connectivity index (χ3v) is 4.12. The molecule has 3 heterocycles. The quantitative estimate of drug-likeness (QED) is 0.770. The van der Waals surface area contributed by atoms with Gasteiger partial charge in [0.15, 0.2) is 5.82 Å². The highest BCUT2D eigenvalue weighted by molar-refractivity contribution is 7.13. The fourth-order valence-electron chi connectivity index (χ4n) is 2.31. The minimum atomic E-state index is -0.546. The van der Waals surface area contributed by atoms with Gasteiger partial charge in [-0.1, -0.05) is 11.3 Å². The van der Waals surface area contributed by atoms with Gasteiger partial charge in [-0.05, 0) is 19.9 Å². The van der Waals surface area contributed by atoms with Crippen LogP contribution in [0.2, 0.25) is 0 Å². The Balaban J connectivity index is 2.15. The van der Waals surface area contributed by atoms with Crippen LogP contribution in [0.5, 0.6) is 5.75 Å². The molecule has 7 nitrogen and oxygen atoms in total. The number of pyridine rings is 2. The molecule has 3 aromatic rings. The smallest absolute Gasteiger partial charge is 0.259 e. The van der Waals surface area contributed by atoms with Crippen LogP contribution in [0.15, 0.2) is 24.0 Å². The van der Waals surface area contributed by atoms with Gasteiger partial charge < -0.3 is 4.74 Å². The summed E-state index contributed by atoms with van der Waals surface area (Å²) in [6.07, 6.45) is 2.83. The number of carbonyl (C=O) groups excluding carboxylic acids is 1. The third kappa shape index (κ3) is 3.31. The van der Waals surface area contributed by atoms with Crippen LogP contribution in [0.3, 0.4) is 0 Å². The number of amides is 1. The van der Waals surface area contributed by atoms with Crippen molar-refractivity contribution < 1.29 is 13.9 Å². The third-order valence-electron chi connectivity index (χ3n) is 3.51. The molecule has 0 atom stereocenters. The number of anilines is 1. The Morgan fingerprint density at radius 1 is 1.28 bits per heavy atom. The van der Waals surface area contributed by atoms with Crippen molar-refractivity contribution in [2.75, 3.05) is 12.4 Å². The molecule has 128 valence electrons. The number of hydrogen-bond donors (Lipinski definition) is 1. The fourth-order valence-corrected chi connectivity index (χ4v) is 2.75. The first-order valence-electron chi connectivity index (χ1n) is 7.25. The molecular formula is C16H14FN5O2S. The summed E-state index contributed by atoms with van der Waals surface area (Å²) in [5.74, 6) is -0.774. The number of hydrogen-bond acceptors (Lipinski definition) is 7. The summed E-state index contributed by atoms with van der Waals surface area (Å²) in [6.45, 7) is 3.31. The Kier molecular flexibility index (Phi) is 4.66. The second-order valence-electron chi connectivity index (χ2n) is 5.17. The number of aromatic nitrogens is 4. The molecule has 0 aromatic carbocycles. The molecule has 0 aliphatic carbocycles. The molecule has 3 rings (SSSR count). The van der Waals surface area contributed by atoms with E-state index >= 15 is 0 Å². The molecular weight excluding hydrogens is 345 g/mol. The van der Waals surface area contributed by atoms with E-state index in [1.54, 1.807) is 19.9 Å². The van der Waals surface area contributed by atoms with Gasteiger partial charge >= 0.3 is 0 Å². The molecule has 0 aliphatic rings. The Morgan fingerprint density at radius 3 is 2.76 bits per heavy atom. The molecule has 0 fully saturated rings. The number of nitrogens with one attached hydrogen (secondary N) is 1. The maximum Gasteiger partial charge on any atom is 0.259 e. The van der Waals surface area contributed by atoms with Crippen LogP contribution in [0, 0.1) is 19.7 Å². The van der Waals surface area contributed by atoms with E-state index in [1.165, 1.54) is 36.4 Å². The minimum Gasteiger partial charge on any atom is -0.494 e. The van der Waals surface area contributed by atoms with Crippen molar-refractivity contribution in [1.82, 2.24) is 20.2 Å². The lowest BCUT2D eigenvalue weighted by Crippen LogP contribution is -2.14. The zero-order valence-corrected chi connectivity index (χ0v) is 14.5.